The van der Waals surface area contributed by atoms with Gasteiger partial charge in [0, 0.05) is 11.8 Å². The molecule has 0 saturated heterocycles. The monoisotopic (exact) mass is 318 g/mol. The third kappa shape index (κ3) is 2.06. The number of hydrogen-bond acceptors (Lipinski definition) is 4. The molecule has 2 aromatic carbocycles. The molecule has 0 atom stereocenters. The standard InChI is InChI=1S/C14H11BrN2O2/c1-18-12-7-8(16)5-6-9(12)14-17-11-4-2-3-10(15)13(11)19-14/h2-7H,16H2,1H3. The van der Waals surface area contributed by atoms with E-state index in [0.29, 0.717) is 17.3 Å². The molecule has 3 rings (SSSR count). The van der Waals surface area contributed by atoms with E-state index in [0.717, 1.165) is 21.1 Å². The van der Waals surface area contributed by atoms with Crippen LogP contribution in [0.2, 0.25) is 0 Å². The van der Waals surface area contributed by atoms with Crippen molar-refractivity contribution >= 4 is 32.7 Å². The lowest BCUT2D eigenvalue weighted by atomic mass is 10.2. The minimum absolute atomic E-state index is 0.513. The van der Waals surface area contributed by atoms with Crippen LogP contribution in [0.15, 0.2) is 45.3 Å². The van der Waals surface area contributed by atoms with E-state index in [1.54, 1.807) is 19.2 Å². The van der Waals surface area contributed by atoms with Crippen molar-refractivity contribution in [2.45, 2.75) is 0 Å². The Kier molecular flexibility index (Phi) is 2.91. The average molecular weight is 319 g/mol. The van der Waals surface area contributed by atoms with Gasteiger partial charge in [-0.2, -0.15) is 0 Å². The molecule has 1 aromatic heterocycles. The first-order valence-corrected chi connectivity index (χ1v) is 6.47. The second-order valence-corrected chi connectivity index (χ2v) is 4.92. The summed E-state index contributed by atoms with van der Waals surface area (Å²) in [4.78, 5) is 4.46. The number of ether oxygens (including phenoxy) is 1. The highest BCUT2D eigenvalue weighted by molar-refractivity contribution is 9.10. The first-order chi connectivity index (χ1) is 9.19. The van der Waals surface area contributed by atoms with Gasteiger partial charge in [-0.25, -0.2) is 4.98 Å². The maximum atomic E-state index is 5.79. The fraction of sp³-hybridized carbons (Fsp3) is 0.0714. The maximum absolute atomic E-state index is 5.79. The predicted octanol–water partition coefficient (Wildman–Crippen LogP) is 3.85. The minimum Gasteiger partial charge on any atom is -0.496 e. The van der Waals surface area contributed by atoms with Gasteiger partial charge in [0.15, 0.2) is 5.58 Å². The van der Waals surface area contributed by atoms with E-state index in [1.165, 1.54) is 0 Å². The number of aromatic nitrogens is 1. The first-order valence-electron chi connectivity index (χ1n) is 5.68. The summed E-state index contributed by atoms with van der Waals surface area (Å²) in [5, 5.41) is 0. The Morgan fingerprint density at radius 3 is 2.84 bits per heavy atom. The summed E-state index contributed by atoms with van der Waals surface area (Å²) >= 11 is 3.44. The largest absolute Gasteiger partial charge is 0.496 e. The van der Waals surface area contributed by atoms with Crippen LogP contribution in [0.25, 0.3) is 22.6 Å². The molecule has 3 aromatic rings. The van der Waals surface area contributed by atoms with Gasteiger partial charge >= 0.3 is 0 Å². The highest BCUT2D eigenvalue weighted by atomic mass is 79.9. The normalized spacial score (nSPS) is 10.8. The van der Waals surface area contributed by atoms with Crippen molar-refractivity contribution < 1.29 is 9.15 Å². The zero-order chi connectivity index (χ0) is 13.4. The predicted molar refractivity (Wildman–Crippen MR) is 78.1 cm³/mol. The summed E-state index contributed by atoms with van der Waals surface area (Å²) < 4.78 is 12.0. The van der Waals surface area contributed by atoms with Crippen LogP contribution < -0.4 is 10.5 Å². The minimum atomic E-state index is 0.513. The number of rotatable bonds is 2. The molecule has 0 fully saturated rings. The van der Waals surface area contributed by atoms with E-state index in [-0.39, 0.29) is 0 Å². The molecule has 0 aliphatic carbocycles. The Hall–Kier alpha value is -2.01. The molecular weight excluding hydrogens is 308 g/mol. The summed E-state index contributed by atoms with van der Waals surface area (Å²) in [7, 11) is 1.59. The topological polar surface area (TPSA) is 61.3 Å². The lowest BCUT2D eigenvalue weighted by molar-refractivity contribution is 0.415. The van der Waals surface area contributed by atoms with Crippen LogP contribution in [0.1, 0.15) is 0 Å². The molecule has 5 heteroatoms. The number of hydrogen-bond donors (Lipinski definition) is 1. The number of fused-ring (bicyclic) bond motifs is 1. The molecule has 0 unspecified atom stereocenters. The number of methoxy groups -OCH3 is 1. The van der Waals surface area contributed by atoms with Gasteiger partial charge in [0.05, 0.1) is 17.1 Å². The van der Waals surface area contributed by atoms with Crippen LogP contribution in [-0.2, 0) is 0 Å². The Labute approximate surface area is 118 Å². The van der Waals surface area contributed by atoms with Gasteiger partial charge in [0.1, 0.15) is 11.3 Å². The van der Waals surface area contributed by atoms with Crippen LogP contribution in [0.3, 0.4) is 0 Å². The van der Waals surface area contributed by atoms with Gasteiger partial charge in [-0.15, -0.1) is 0 Å². The molecule has 0 radical (unpaired) electrons. The number of nitrogens with two attached hydrogens (primary N) is 1. The molecule has 2 N–H and O–H groups in total. The van der Waals surface area contributed by atoms with Gasteiger partial charge in [-0.05, 0) is 40.2 Å². The van der Waals surface area contributed by atoms with Crippen molar-refractivity contribution in [3.63, 3.8) is 0 Å². The van der Waals surface area contributed by atoms with Gasteiger partial charge in [0.2, 0.25) is 5.89 Å². The summed E-state index contributed by atoms with van der Waals surface area (Å²) in [6, 6.07) is 11.1. The highest BCUT2D eigenvalue weighted by Gasteiger charge is 2.14. The number of oxazole rings is 1. The van der Waals surface area contributed by atoms with Crippen LogP contribution in [0.4, 0.5) is 5.69 Å². The number of anilines is 1. The number of benzene rings is 2. The molecule has 0 aliphatic heterocycles. The molecule has 0 spiro atoms. The van der Waals surface area contributed by atoms with Crippen LogP contribution in [0.5, 0.6) is 5.75 Å². The second kappa shape index (κ2) is 4.59. The van der Waals surface area contributed by atoms with E-state index < -0.39 is 0 Å². The van der Waals surface area contributed by atoms with Crippen molar-refractivity contribution in [1.29, 1.82) is 0 Å². The summed E-state index contributed by atoms with van der Waals surface area (Å²) in [6.45, 7) is 0. The van der Waals surface area contributed by atoms with Gasteiger partial charge in [-0.1, -0.05) is 6.07 Å². The number of para-hydroxylation sites is 1. The molecular formula is C14H11BrN2O2. The zero-order valence-corrected chi connectivity index (χ0v) is 11.8. The number of nitrogen functional groups attached to an aromatic ring is 1. The molecule has 96 valence electrons. The van der Waals surface area contributed by atoms with E-state index in [9.17, 15) is 0 Å². The molecule has 0 bridgehead atoms. The lowest BCUT2D eigenvalue weighted by Crippen LogP contribution is -1.91. The molecule has 0 aliphatic rings. The van der Waals surface area contributed by atoms with Crippen molar-refractivity contribution in [2.75, 3.05) is 12.8 Å². The van der Waals surface area contributed by atoms with Crippen molar-refractivity contribution in [2.24, 2.45) is 0 Å². The Bertz CT molecular complexity index is 752. The SMILES string of the molecule is COc1cc(N)ccc1-c1nc2cccc(Br)c2o1. The van der Waals surface area contributed by atoms with Gasteiger partial charge in [0.25, 0.3) is 0 Å². The third-order valence-corrected chi connectivity index (χ3v) is 3.45. The molecule has 1 heterocycles. The Morgan fingerprint density at radius 1 is 1.26 bits per heavy atom. The van der Waals surface area contributed by atoms with Crippen molar-refractivity contribution in [3.8, 4) is 17.2 Å². The Morgan fingerprint density at radius 2 is 2.11 bits per heavy atom. The third-order valence-electron chi connectivity index (χ3n) is 2.82. The fourth-order valence-electron chi connectivity index (χ4n) is 1.92. The first kappa shape index (κ1) is 12.0. The zero-order valence-electron chi connectivity index (χ0n) is 10.2. The molecule has 4 nitrogen and oxygen atoms in total. The smallest absolute Gasteiger partial charge is 0.231 e. The van der Waals surface area contributed by atoms with E-state index in [2.05, 4.69) is 20.9 Å². The van der Waals surface area contributed by atoms with Crippen LogP contribution in [-0.4, -0.2) is 12.1 Å². The van der Waals surface area contributed by atoms with Crippen LogP contribution >= 0.6 is 15.9 Å². The second-order valence-electron chi connectivity index (χ2n) is 4.07. The molecule has 0 amide bonds. The quantitative estimate of drug-likeness (QED) is 0.729. The average Bonchev–Trinajstić information content (AvgIpc) is 2.83. The summed E-state index contributed by atoms with van der Waals surface area (Å²) in [5.74, 6) is 1.15. The van der Waals surface area contributed by atoms with Gasteiger partial charge in [-0.3, -0.25) is 0 Å². The Balaban J connectivity index is 2.22. The lowest BCUT2D eigenvalue weighted by Gasteiger charge is -2.05. The van der Waals surface area contributed by atoms with Crippen molar-refractivity contribution in [3.05, 3.63) is 40.9 Å². The highest BCUT2D eigenvalue weighted by Crippen LogP contribution is 2.34. The molecule has 0 saturated carbocycles. The number of halogens is 1. The van der Waals surface area contributed by atoms with E-state index in [4.69, 9.17) is 14.9 Å². The summed E-state index contributed by atoms with van der Waals surface area (Å²) in [6.07, 6.45) is 0. The van der Waals surface area contributed by atoms with Crippen molar-refractivity contribution in [1.82, 2.24) is 4.98 Å². The summed E-state index contributed by atoms with van der Waals surface area (Å²) in [5.41, 5.74) is 8.67. The van der Waals surface area contributed by atoms with E-state index in [1.807, 2.05) is 24.3 Å². The maximum Gasteiger partial charge on any atom is 0.231 e. The fourth-order valence-corrected chi connectivity index (χ4v) is 2.35. The van der Waals surface area contributed by atoms with E-state index >= 15 is 0 Å². The van der Waals surface area contributed by atoms with Gasteiger partial charge < -0.3 is 14.9 Å². The molecule has 19 heavy (non-hydrogen) atoms. The number of nitrogens with zero attached hydrogens (tertiary/aromatic N) is 1. The van der Waals surface area contributed by atoms with Crippen LogP contribution in [0, 0.1) is 0 Å².